The molecule has 0 aliphatic rings. The Morgan fingerprint density at radius 3 is 2.78 bits per heavy atom. The van der Waals surface area contributed by atoms with Crippen molar-refractivity contribution in [3.05, 3.63) is 77.4 Å². The fourth-order valence-corrected chi connectivity index (χ4v) is 1.96. The summed E-state index contributed by atoms with van der Waals surface area (Å²) in [5.41, 5.74) is 2.56. The highest BCUT2D eigenvalue weighted by Crippen LogP contribution is 2.06. The number of ether oxygens (including phenoxy) is 1. The molecule has 0 bridgehead atoms. The number of rotatable bonds is 6. The van der Waals surface area contributed by atoms with Crippen LogP contribution in [-0.2, 0) is 11.3 Å². The zero-order chi connectivity index (χ0) is 16.3. The number of benzene rings is 2. The first-order valence-corrected chi connectivity index (χ1v) is 7.39. The molecule has 0 aliphatic carbocycles. The van der Waals surface area contributed by atoms with E-state index in [1.54, 1.807) is 6.07 Å². The molecule has 0 radical (unpaired) electrons. The van der Waals surface area contributed by atoms with Crippen LogP contribution in [0.1, 0.15) is 23.1 Å². The van der Waals surface area contributed by atoms with Crippen LogP contribution < -0.4 is 5.32 Å². The molecule has 0 fully saturated rings. The maximum absolute atomic E-state index is 11.5. The average molecular weight is 306 g/mol. The fraction of sp³-hybridized carbons (Fsp3) is 0.158. The van der Waals surface area contributed by atoms with Gasteiger partial charge in [0.25, 0.3) is 0 Å². The molecule has 0 aromatic heterocycles. The van der Waals surface area contributed by atoms with E-state index >= 15 is 0 Å². The van der Waals surface area contributed by atoms with Crippen LogP contribution >= 0.6 is 0 Å². The van der Waals surface area contributed by atoms with Crippen LogP contribution in [-0.4, -0.2) is 12.6 Å². The van der Waals surface area contributed by atoms with Crippen LogP contribution in [0.25, 0.3) is 6.08 Å². The Bertz CT molecular complexity index is 703. The first kappa shape index (κ1) is 16.3. The number of carbonyl (C=O) groups is 1. The van der Waals surface area contributed by atoms with Crippen LogP contribution in [0.3, 0.4) is 0 Å². The maximum atomic E-state index is 11.5. The first-order chi connectivity index (χ1) is 11.3. The molecule has 4 heteroatoms. The van der Waals surface area contributed by atoms with Crippen LogP contribution in [0, 0.1) is 11.3 Å². The van der Waals surface area contributed by atoms with Gasteiger partial charge in [0.1, 0.15) is 6.61 Å². The lowest BCUT2D eigenvalue weighted by Gasteiger charge is -2.05. The second-order valence-electron chi connectivity index (χ2n) is 4.92. The summed E-state index contributed by atoms with van der Waals surface area (Å²) in [6, 6.07) is 19.0. The molecule has 0 atom stereocenters. The lowest BCUT2D eigenvalue weighted by Crippen LogP contribution is -2.24. The summed E-state index contributed by atoms with van der Waals surface area (Å²) in [6.45, 7) is 0.769. The molecule has 2 aromatic carbocycles. The van der Waals surface area contributed by atoms with Crippen molar-refractivity contribution in [1.29, 1.82) is 5.26 Å². The van der Waals surface area contributed by atoms with Crippen LogP contribution in [0.2, 0.25) is 0 Å². The highest BCUT2D eigenvalue weighted by Gasteiger charge is 2.00. The predicted molar refractivity (Wildman–Crippen MR) is 89.4 cm³/mol. The zero-order valence-electron chi connectivity index (χ0n) is 12.7. The fourth-order valence-electron chi connectivity index (χ4n) is 1.96. The number of alkyl carbamates (subject to hydrolysis) is 1. The topological polar surface area (TPSA) is 62.1 Å². The van der Waals surface area contributed by atoms with Gasteiger partial charge in [-0.15, -0.1) is 0 Å². The molecule has 2 aromatic rings. The number of nitrogens with zero attached hydrogens (tertiary/aromatic N) is 1. The van der Waals surface area contributed by atoms with E-state index in [0.717, 1.165) is 11.1 Å². The minimum absolute atomic E-state index is 0.267. The van der Waals surface area contributed by atoms with Crippen LogP contribution in [0.4, 0.5) is 4.79 Å². The molecule has 1 N–H and O–H groups in total. The summed E-state index contributed by atoms with van der Waals surface area (Å²) < 4.78 is 5.11. The molecule has 116 valence electrons. The van der Waals surface area contributed by atoms with Crippen molar-refractivity contribution in [3.8, 4) is 6.07 Å². The van der Waals surface area contributed by atoms with Gasteiger partial charge in [0.15, 0.2) is 0 Å². The Labute approximate surface area is 136 Å². The molecule has 4 nitrogen and oxygen atoms in total. The summed E-state index contributed by atoms with van der Waals surface area (Å²) in [5, 5.41) is 11.5. The minimum atomic E-state index is -0.422. The van der Waals surface area contributed by atoms with Gasteiger partial charge in [-0.25, -0.2) is 4.79 Å². The second-order valence-corrected chi connectivity index (χ2v) is 4.92. The molecule has 0 saturated heterocycles. The molecule has 0 unspecified atom stereocenters. The van der Waals surface area contributed by atoms with Crippen LogP contribution in [0.5, 0.6) is 0 Å². The standard InChI is InChI=1S/C19H18N2O2/c20-14-18-11-6-10-16(13-18)7-4-5-12-21-19(22)23-15-17-8-2-1-3-9-17/h1-4,6-11,13H,5,12,15H2,(H,21,22). The molecule has 2 rings (SSSR count). The lowest BCUT2D eigenvalue weighted by molar-refractivity contribution is 0.140. The Morgan fingerprint density at radius 1 is 1.17 bits per heavy atom. The van der Waals surface area contributed by atoms with Gasteiger partial charge in [-0.3, -0.25) is 0 Å². The molecular weight excluding hydrogens is 288 g/mol. The Hall–Kier alpha value is -3.06. The SMILES string of the molecule is N#Cc1cccc(C=CCCNC(=O)OCc2ccccc2)c1. The van der Waals surface area contributed by atoms with E-state index in [0.29, 0.717) is 18.5 Å². The van der Waals surface area contributed by atoms with Gasteiger partial charge < -0.3 is 10.1 Å². The van der Waals surface area contributed by atoms with Crippen molar-refractivity contribution in [1.82, 2.24) is 5.32 Å². The molecule has 0 saturated carbocycles. The highest BCUT2D eigenvalue weighted by atomic mass is 16.5. The molecule has 0 aliphatic heterocycles. The lowest BCUT2D eigenvalue weighted by atomic mass is 10.1. The van der Waals surface area contributed by atoms with Crippen molar-refractivity contribution >= 4 is 12.2 Å². The predicted octanol–water partition coefficient (Wildman–Crippen LogP) is 3.89. The third kappa shape index (κ3) is 6.06. The smallest absolute Gasteiger partial charge is 0.407 e. The van der Waals surface area contributed by atoms with Crippen molar-refractivity contribution in [2.75, 3.05) is 6.54 Å². The number of nitrogens with one attached hydrogen (secondary N) is 1. The van der Waals surface area contributed by atoms with E-state index in [-0.39, 0.29) is 6.61 Å². The van der Waals surface area contributed by atoms with Gasteiger partial charge in [-0.05, 0) is 29.7 Å². The van der Waals surface area contributed by atoms with Gasteiger partial charge >= 0.3 is 6.09 Å². The van der Waals surface area contributed by atoms with Gasteiger partial charge in [0.2, 0.25) is 0 Å². The monoisotopic (exact) mass is 306 g/mol. The number of carbonyl (C=O) groups excluding carboxylic acids is 1. The number of hydrogen-bond acceptors (Lipinski definition) is 3. The zero-order valence-corrected chi connectivity index (χ0v) is 12.7. The van der Waals surface area contributed by atoms with E-state index in [1.165, 1.54) is 0 Å². The molecular formula is C19H18N2O2. The van der Waals surface area contributed by atoms with Gasteiger partial charge in [0.05, 0.1) is 11.6 Å². The van der Waals surface area contributed by atoms with E-state index in [1.807, 2.05) is 60.7 Å². The van der Waals surface area contributed by atoms with Crippen molar-refractivity contribution in [2.45, 2.75) is 13.0 Å². The van der Waals surface area contributed by atoms with E-state index in [9.17, 15) is 4.79 Å². The molecule has 1 amide bonds. The molecule has 23 heavy (non-hydrogen) atoms. The Kier molecular flexibility index (Phi) is 6.43. The van der Waals surface area contributed by atoms with E-state index in [4.69, 9.17) is 10.00 Å². The van der Waals surface area contributed by atoms with Gasteiger partial charge in [0, 0.05) is 6.54 Å². The summed E-state index contributed by atoms with van der Waals surface area (Å²) in [6.07, 6.45) is 4.15. The van der Waals surface area contributed by atoms with Crippen molar-refractivity contribution in [2.24, 2.45) is 0 Å². The summed E-state index contributed by atoms with van der Waals surface area (Å²) in [4.78, 5) is 11.5. The van der Waals surface area contributed by atoms with E-state index < -0.39 is 6.09 Å². The highest BCUT2D eigenvalue weighted by molar-refractivity contribution is 5.67. The number of nitriles is 1. The first-order valence-electron chi connectivity index (χ1n) is 7.39. The number of hydrogen-bond donors (Lipinski definition) is 1. The summed E-state index contributed by atoms with van der Waals surface area (Å²) >= 11 is 0. The molecule has 0 heterocycles. The largest absolute Gasteiger partial charge is 0.445 e. The minimum Gasteiger partial charge on any atom is -0.445 e. The third-order valence-electron chi connectivity index (χ3n) is 3.12. The quantitative estimate of drug-likeness (QED) is 0.824. The van der Waals surface area contributed by atoms with Crippen molar-refractivity contribution < 1.29 is 9.53 Å². The summed E-state index contributed by atoms with van der Waals surface area (Å²) in [5.74, 6) is 0. The van der Waals surface area contributed by atoms with Crippen LogP contribution in [0.15, 0.2) is 60.7 Å². The maximum Gasteiger partial charge on any atom is 0.407 e. The number of amides is 1. The van der Waals surface area contributed by atoms with E-state index in [2.05, 4.69) is 11.4 Å². The van der Waals surface area contributed by atoms with Gasteiger partial charge in [-0.1, -0.05) is 54.6 Å². The average Bonchev–Trinajstić information content (AvgIpc) is 2.61. The second kappa shape index (κ2) is 9.06. The van der Waals surface area contributed by atoms with Gasteiger partial charge in [-0.2, -0.15) is 5.26 Å². The summed E-state index contributed by atoms with van der Waals surface area (Å²) in [7, 11) is 0. The molecule has 0 spiro atoms. The Morgan fingerprint density at radius 2 is 2.00 bits per heavy atom. The third-order valence-corrected chi connectivity index (χ3v) is 3.12. The normalized spacial score (nSPS) is 10.2. The Balaban J connectivity index is 1.65. The van der Waals surface area contributed by atoms with Crippen molar-refractivity contribution in [3.63, 3.8) is 0 Å².